The first-order chi connectivity index (χ1) is 11.1. The summed E-state index contributed by atoms with van der Waals surface area (Å²) in [6, 6.07) is 6.36. The molecule has 1 heterocycles. The molecule has 0 spiro atoms. The highest BCUT2D eigenvalue weighted by molar-refractivity contribution is 7.98. The molecule has 0 radical (unpaired) electrons. The van der Waals surface area contributed by atoms with Gasteiger partial charge in [0.05, 0.1) is 10.6 Å². The molecule has 0 bridgehead atoms. The number of nitrogens with one attached hydrogen (secondary N) is 2. The van der Waals surface area contributed by atoms with Gasteiger partial charge in [-0.1, -0.05) is 23.7 Å². The molecule has 0 aromatic heterocycles. The van der Waals surface area contributed by atoms with E-state index in [1.807, 2.05) is 11.2 Å². The van der Waals surface area contributed by atoms with E-state index < -0.39 is 6.04 Å². The number of hydrogen-bond donors (Lipinski definition) is 2. The second-order valence-corrected chi connectivity index (χ2v) is 6.76. The summed E-state index contributed by atoms with van der Waals surface area (Å²) in [6.45, 7) is 2.94. The normalized spacial score (nSPS) is 16.0. The third-order valence-electron chi connectivity index (χ3n) is 3.76. The maximum Gasteiger partial charge on any atom is 0.253 e. The predicted octanol–water partition coefficient (Wildman–Crippen LogP) is 1.62. The molecule has 1 saturated heterocycles. The van der Waals surface area contributed by atoms with E-state index >= 15 is 0 Å². The van der Waals surface area contributed by atoms with Crippen LogP contribution in [0.5, 0.6) is 0 Å². The Labute approximate surface area is 146 Å². The fourth-order valence-corrected chi connectivity index (χ4v) is 3.17. The minimum Gasteiger partial charge on any atom is -0.340 e. The quantitative estimate of drug-likeness (QED) is 0.814. The zero-order chi connectivity index (χ0) is 16.7. The summed E-state index contributed by atoms with van der Waals surface area (Å²) in [5.74, 6) is 0.497. The van der Waals surface area contributed by atoms with Crippen molar-refractivity contribution < 1.29 is 9.59 Å². The lowest BCUT2D eigenvalue weighted by Gasteiger charge is -2.31. The number of hydrogen-bond acceptors (Lipinski definition) is 4. The highest BCUT2D eigenvalue weighted by Gasteiger charge is 2.27. The molecule has 2 amide bonds. The average Bonchev–Trinajstić information content (AvgIpc) is 2.59. The van der Waals surface area contributed by atoms with Crippen molar-refractivity contribution in [2.75, 3.05) is 38.2 Å². The van der Waals surface area contributed by atoms with Crippen molar-refractivity contribution in [1.82, 2.24) is 15.5 Å². The average molecular weight is 356 g/mol. The standard InChI is InChI=1S/C16H22ClN3O2S/c1-23-11-6-14(16(22)20-9-7-18-8-10-20)19-15(21)12-4-2-3-5-13(12)17/h2-5,14,18H,6-11H2,1H3,(H,19,21). The van der Waals surface area contributed by atoms with E-state index in [1.165, 1.54) is 0 Å². The molecule has 1 fully saturated rings. The van der Waals surface area contributed by atoms with Crippen molar-refractivity contribution in [3.05, 3.63) is 34.9 Å². The first kappa shape index (κ1) is 18.1. The van der Waals surface area contributed by atoms with Crippen molar-refractivity contribution >= 4 is 35.2 Å². The van der Waals surface area contributed by atoms with E-state index in [2.05, 4.69) is 10.6 Å². The van der Waals surface area contributed by atoms with Crippen LogP contribution in [-0.4, -0.2) is 60.9 Å². The molecule has 1 aliphatic heterocycles. The highest BCUT2D eigenvalue weighted by atomic mass is 35.5. The number of rotatable bonds is 6. The Balaban J connectivity index is 2.06. The van der Waals surface area contributed by atoms with Crippen LogP contribution in [-0.2, 0) is 4.79 Å². The van der Waals surface area contributed by atoms with Gasteiger partial charge in [-0.25, -0.2) is 0 Å². The number of carbonyl (C=O) groups excluding carboxylic acids is 2. The van der Waals surface area contributed by atoms with Gasteiger partial charge >= 0.3 is 0 Å². The van der Waals surface area contributed by atoms with Crippen LogP contribution in [0.15, 0.2) is 24.3 Å². The fraction of sp³-hybridized carbons (Fsp3) is 0.500. The summed E-state index contributed by atoms with van der Waals surface area (Å²) < 4.78 is 0. The van der Waals surface area contributed by atoms with Crippen molar-refractivity contribution in [2.24, 2.45) is 0 Å². The van der Waals surface area contributed by atoms with Crippen LogP contribution in [0.2, 0.25) is 5.02 Å². The van der Waals surface area contributed by atoms with E-state index in [-0.39, 0.29) is 11.8 Å². The Morgan fingerprint density at radius 2 is 2.04 bits per heavy atom. The van der Waals surface area contributed by atoms with E-state index in [1.54, 1.807) is 36.0 Å². The zero-order valence-electron chi connectivity index (χ0n) is 13.2. The molecular formula is C16H22ClN3O2S. The SMILES string of the molecule is CSCCC(NC(=O)c1ccccc1Cl)C(=O)N1CCNCC1. The molecule has 0 saturated carbocycles. The lowest BCUT2D eigenvalue weighted by molar-refractivity contribution is -0.133. The third-order valence-corrected chi connectivity index (χ3v) is 4.73. The monoisotopic (exact) mass is 355 g/mol. The topological polar surface area (TPSA) is 61.4 Å². The lowest BCUT2D eigenvalue weighted by Crippen LogP contribution is -2.54. The Bertz CT molecular complexity index is 550. The Morgan fingerprint density at radius 3 is 2.70 bits per heavy atom. The summed E-state index contributed by atoms with van der Waals surface area (Å²) in [6.07, 6.45) is 2.60. The number of piperazine rings is 1. The molecule has 2 rings (SSSR count). The fourth-order valence-electron chi connectivity index (χ4n) is 2.48. The summed E-state index contributed by atoms with van der Waals surface area (Å²) in [5, 5.41) is 6.47. The predicted molar refractivity (Wildman–Crippen MR) is 95.2 cm³/mol. The molecule has 1 unspecified atom stereocenters. The van der Waals surface area contributed by atoms with Gasteiger partial charge in [0.25, 0.3) is 5.91 Å². The molecule has 1 atom stereocenters. The van der Waals surface area contributed by atoms with Gasteiger partial charge in [0.2, 0.25) is 5.91 Å². The Kier molecular flexibility index (Phi) is 7.20. The van der Waals surface area contributed by atoms with E-state index in [0.29, 0.717) is 30.1 Å². The van der Waals surface area contributed by atoms with E-state index in [0.717, 1.165) is 18.8 Å². The van der Waals surface area contributed by atoms with Gasteiger partial charge in [0, 0.05) is 26.2 Å². The number of thioether (sulfide) groups is 1. The molecule has 23 heavy (non-hydrogen) atoms. The summed E-state index contributed by atoms with van der Waals surface area (Å²) >= 11 is 7.73. The molecule has 1 aliphatic rings. The molecule has 0 aliphatic carbocycles. The van der Waals surface area contributed by atoms with Crippen LogP contribution in [0.3, 0.4) is 0 Å². The van der Waals surface area contributed by atoms with Gasteiger partial charge in [-0.2, -0.15) is 11.8 Å². The van der Waals surface area contributed by atoms with Crippen molar-refractivity contribution in [3.8, 4) is 0 Å². The number of benzene rings is 1. The molecule has 126 valence electrons. The van der Waals surface area contributed by atoms with E-state index in [9.17, 15) is 9.59 Å². The first-order valence-corrected chi connectivity index (χ1v) is 9.44. The van der Waals surface area contributed by atoms with Crippen LogP contribution < -0.4 is 10.6 Å². The summed E-state index contributed by atoms with van der Waals surface area (Å²) in [4.78, 5) is 27.0. The Morgan fingerprint density at radius 1 is 1.35 bits per heavy atom. The maximum absolute atomic E-state index is 12.7. The van der Waals surface area contributed by atoms with Gasteiger partial charge in [0.1, 0.15) is 6.04 Å². The lowest BCUT2D eigenvalue weighted by atomic mass is 10.1. The zero-order valence-corrected chi connectivity index (χ0v) is 14.8. The number of carbonyl (C=O) groups is 2. The van der Waals surface area contributed by atoms with Crippen molar-refractivity contribution in [3.63, 3.8) is 0 Å². The second kappa shape index (κ2) is 9.15. The van der Waals surface area contributed by atoms with Crippen LogP contribution >= 0.6 is 23.4 Å². The van der Waals surface area contributed by atoms with Gasteiger partial charge in [-0.3, -0.25) is 9.59 Å². The second-order valence-electron chi connectivity index (χ2n) is 5.36. The smallest absolute Gasteiger partial charge is 0.253 e. The molecule has 7 heteroatoms. The minimum absolute atomic E-state index is 0.0130. The van der Waals surface area contributed by atoms with Crippen LogP contribution in [0.25, 0.3) is 0 Å². The largest absolute Gasteiger partial charge is 0.340 e. The van der Waals surface area contributed by atoms with Gasteiger partial charge in [-0.05, 0) is 30.6 Å². The first-order valence-electron chi connectivity index (χ1n) is 7.67. The summed E-state index contributed by atoms with van der Waals surface area (Å²) in [7, 11) is 0. The minimum atomic E-state index is -0.510. The highest BCUT2D eigenvalue weighted by Crippen LogP contribution is 2.15. The van der Waals surface area contributed by atoms with Crippen LogP contribution in [0.4, 0.5) is 0 Å². The summed E-state index contributed by atoms with van der Waals surface area (Å²) in [5.41, 5.74) is 0.399. The van der Waals surface area contributed by atoms with Gasteiger partial charge in [-0.15, -0.1) is 0 Å². The van der Waals surface area contributed by atoms with Crippen LogP contribution in [0, 0.1) is 0 Å². The number of halogens is 1. The van der Waals surface area contributed by atoms with Gasteiger partial charge < -0.3 is 15.5 Å². The molecule has 5 nitrogen and oxygen atoms in total. The molecule has 2 N–H and O–H groups in total. The number of nitrogens with zero attached hydrogens (tertiary/aromatic N) is 1. The third kappa shape index (κ3) is 5.12. The van der Waals surface area contributed by atoms with Crippen LogP contribution in [0.1, 0.15) is 16.8 Å². The van der Waals surface area contributed by atoms with E-state index in [4.69, 9.17) is 11.6 Å². The molecule has 1 aromatic rings. The number of amides is 2. The van der Waals surface area contributed by atoms with Gasteiger partial charge in [0.15, 0.2) is 0 Å². The Hall–Kier alpha value is -1.24. The maximum atomic E-state index is 12.7. The molecule has 1 aromatic carbocycles. The van der Waals surface area contributed by atoms with Crippen molar-refractivity contribution in [2.45, 2.75) is 12.5 Å². The molecular weight excluding hydrogens is 334 g/mol. The van der Waals surface area contributed by atoms with Crippen molar-refractivity contribution in [1.29, 1.82) is 0 Å².